The highest BCUT2D eigenvalue weighted by molar-refractivity contribution is 9.14. The Morgan fingerprint density at radius 3 is 2.33 bits per heavy atom. The van der Waals surface area contributed by atoms with E-state index in [2.05, 4.69) is 53.6 Å². The Morgan fingerprint density at radius 2 is 1.89 bits per heavy atom. The van der Waals surface area contributed by atoms with E-state index >= 15 is 0 Å². The normalized spacial score (nSPS) is 10.6. The van der Waals surface area contributed by atoms with E-state index < -0.39 is 0 Å². The minimum Gasteiger partial charge on any atom is -0.0594 e. The summed E-state index contributed by atoms with van der Waals surface area (Å²) in [5, 5.41) is 0. The molecule has 0 amide bonds. The van der Waals surface area contributed by atoms with E-state index in [1.54, 1.807) is 0 Å². The van der Waals surface area contributed by atoms with E-state index in [1.807, 2.05) is 6.07 Å². The third kappa shape index (κ3) is 2.01. The number of rotatable bonds is 0. The maximum absolute atomic E-state index is 3.41. The Labute approximate surface area is 80.5 Å². The van der Waals surface area contributed by atoms with Crippen LogP contribution in [0.2, 0.25) is 0 Å². The molecule has 1 aromatic rings. The van der Waals surface area contributed by atoms with Gasteiger partial charge in [0.15, 0.2) is 0 Å². The van der Waals surface area contributed by atoms with Crippen molar-refractivity contribution in [1.29, 1.82) is 0 Å². The molecule has 0 saturated heterocycles. The fourth-order valence-electron chi connectivity index (χ4n) is 0.397. The highest BCUT2D eigenvalue weighted by atomic mass is 79.9. The highest BCUT2D eigenvalue weighted by Gasteiger charge is 1.98. The molecule has 0 spiro atoms. The van der Waals surface area contributed by atoms with E-state index in [4.69, 9.17) is 0 Å². The van der Waals surface area contributed by atoms with Crippen molar-refractivity contribution in [2.75, 3.05) is 0 Å². The zero-order valence-electron chi connectivity index (χ0n) is 4.24. The molecular weight excluding hydrogens is 331 g/mol. The van der Waals surface area contributed by atoms with Gasteiger partial charge in [0.2, 0.25) is 0 Å². The maximum Gasteiger partial charge on any atom is 0.0600 e. The summed E-state index contributed by atoms with van der Waals surface area (Å²) in [5.41, 5.74) is 0. The van der Waals surface area contributed by atoms with Gasteiger partial charge in [-0.15, -0.1) is 0 Å². The van der Waals surface area contributed by atoms with Crippen LogP contribution in [0.5, 0.6) is 0 Å². The maximum atomic E-state index is 3.41. The number of hydrogen-bond donors (Lipinski definition) is 0. The Morgan fingerprint density at radius 1 is 1.22 bits per heavy atom. The molecule has 0 atom stereocenters. The zero-order chi connectivity index (χ0) is 6.85. The van der Waals surface area contributed by atoms with Gasteiger partial charge in [-0.2, -0.15) is 0 Å². The lowest BCUT2D eigenvalue weighted by atomic mass is 10.6. The van der Waals surface area contributed by atoms with Crippen molar-refractivity contribution in [3.05, 3.63) is 25.0 Å². The van der Waals surface area contributed by atoms with E-state index in [0.29, 0.717) is 0 Å². The third-order valence-electron chi connectivity index (χ3n) is 0.800. The standard InChI is InChI=1S/C5H2Br3P/c6-3-1-2-9-5(8)4(3)7/h1-2H. The number of halogens is 3. The first-order valence-corrected chi connectivity index (χ1v) is 5.51. The monoisotopic (exact) mass is 330 g/mol. The van der Waals surface area contributed by atoms with Crippen LogP contribution in [0.1, 0.15) is 0 Å². The zero-order valence-corrected chi connectivity index (χ0v) is 9.89. The molecule has 1 aromatic heterocycles. The molecule has 0 aromatic carbocycles. The van der Waals surface area contributed by atoms with E-state index in [1.165, 1.54) is 8.19 Å². The Hall–Kier alpha value is 1.09. The predicted molar refractivity (Wildman–Crippen MR) is 52.1 cm³/mol. The summed E-state index contributed by atoms with van der Waals surface area (Å²) in [6.07, 6.45) is 0. The van der Waals surface area contributed by atoms with Gasteiger partial charge < -0.3 is 0 Å². The molecule has 0 N–H and O–H groups in total. The Balaban J connectivity index is 3.25. The molecule has 0 radical (unpaired) electrons. The van der Waals surface area contributed by atoms with Gasteiger partial charge in [0.1, 0.15) is 0 Å². The second-order valence-corrected chi connectivity index (χ2v) is 5.45. The van der Waals surface area contributed by atoms with Crippen LogP contribution < -0.4 is 0 Å². The molecule has 1 heterocycles. The van der Waals surface area contributed by atoms with Crippen LogP contribution in [0, 0.1) is 0 Å². The van der Waals surface area contributed by atoms with Crippen LogP contribution in [0.4, 0.5) is 0 Å². The summed E-state index contributed by atoms with van der Waals surface area (Å²) in [5.74, 6) is 2.07. The lowest BCUT2D eigenvalue weighted by molar-refractivity contribution is 1.66. The molecule has 48 valence electrons. The molecule has 9 heavy (non-hydrogen) atoms. The van der Waals surface area contributed by atoms with Gasteiger partial charge in [-0.1, -0.05) is 8.19 Å². The average Bonchev–Trinajstić information content (AvgIpc) is 1.83. The lowest BCUT2D eigenvalue weighted by Crippen LogP contribution is -1.64. The molecule has 1 rings (SSSR count). The molecular formula is C5H2Br3P. The second kappa shape index (κ2) is 3.47. The van der Waals surface area contributed by atoms with Crippen molar-refractivity contribution in [3.8, 4) is 0 Å². The van der Waals surface area contributed by atoms with Gasteiger partial charge >= 0.3 is 0 Å². The van der Waals surface area contributed by atoms with Crippen LogP contribution in [-0.4, -0.2) is 0 Å². The molecule has 0 unspecified atom stereocenters. The van der Waals surface area contributed by atoms with Gasteiger partial charge in [0.05, 0.1) is 8.68 Å². The summed E-state index contributed by atoms with van der Waals surface area (Å²) in [7, 11) is 1.20. The summed E-state index contributed by atoms with van der Waals surface area (Å²) >= 11 is 10.2. The summed E-state index contributed by atoms with van der Waals surface area (Å²) in [4.78, 5) is 0. The highest BCUT2D eigenvalue weighted by Crippen LogP contribution is 2.35. The van der Waals surface area contributed by atoms with Gasteiger partial charge in [-0.05, 0) is 59.7 Å². The average molecular weight is 333 g/mol. The first kappa shape index (κ1) is 8.19. The molecule has 0 aliphatic heterocycles. The molecule has 0 fully saturated rings. The van der Waals surface area contributed by atoms with Crippen molar-refractivity contribution in [1.82, 2.24) is 0 Å². The topological polar surface area (TPSA) is 0 Å². The van der Waals surface area contributed by atoms with Crippen molar-refractivity contribution >= 4 is 56.0 Å². The van der Waals surface area contributed by atoms with Crippen molar-refractivity contribution < 1.29 is 0 Å². The molecule has 4 heteroatoms. The molecule has 0 nitrogen and oxygen atoms in total. The minimum atomic E-state index is 1.09. The van der Waals surface area contributed by atoms with Gasteiger partial charge in [0.25, 0.3) is 0 Å². The van der Waals surface area contributed by atoms with Crippen molar-refractivity contribution in [3.63, 3.8) is 0 Å². The number of hydrogen-bond acceptors (Lipinski definition) is 0. The molecule has 0 aliphatic carbocycles. The van der Waals surface area contributed by atoms with Gasteiger partial charge in [-0.3, -0.25) is 0 Å². The SMILES string of the molecule is Brc1ccpc(Br)c1Br. The summed E-state index contributed by atoms with van der Waals surface area (Å²) in [6, 6.07) is 2.02. The predicted octanol–water partition coefficient (Wildman–Crippen LogP) is 4.55. The van der Waals surface area contributed by atoms with Crippen molar-refractivity contribution in [2.45, 2.75) is 0 Å². The third-order valence-corrected chi connectivity index (χ3v) is 5.41. The van der Waals surface area contributed by atoms with Crippen LogP contribution in [0.3, 0.4) is 0 Å². The van der Waals surface area contributed by atoms with E-state index in [-0.39, 0.29) is 0 Å². The van der Waals surface area contributed by atoms with E-state index in [9.17, 15) is 0 Å². The quantitative estimate of drug-likeness (QED) is 0.653. The molecule has 0 saturated carbocycles. The van der Waals surface area contributed by atoms with E-state index in [0.717, 1.165) is 13.1 Å². The smallest absolute Gasteiger partial charge is 0.0594 e. The first-order valence-electron chi connectivity index (χ1n) is 2.17. The molecule has 0 bridgehead atoms. The van der Waals surface area contributed by atoms with Crippen LogP contribution in [-0.2, 0) is 0 Å². The largest absolute Gasteiger partial charge is 0.0600 e. The van der Waals surface area contributed by atoms with Gasteiger partial charge in [-0.25, -0.2) is 0 Å². The fourth-order valence-corrected chi connectivity index (χ4v) is 2.95. The molecule has 0 aliphatic rings. The second-order valence-electron chi connectivity index (χ2n) is 1.40. The fraction of sp³-hybridized carbons (Fsp3) is 0. The van der Waals surface area contributed by atoms with Crippen LogP contribution in [0.15, 0.2) is 25.0 Å². The Bertz CT molecular complexity index is 203. The summed E-state index contributed by atoms with van der Waals surface area (Å²) in [6.45, 7) is 0. The van der Waals surface area contributed by atoms with Gasteiger partial charge in [0, 0.05) is 4.47 Å². The van der Waals surface area contributed by atoms with Crippen molar-refractivity contribution in [2.24, 2.45) is 0 Å². The summed E-state index contributed by atoms with van der Waals surface area (Å²) < 4.78 is 3.36. The lowest BCUT2D eigenvalue weighted by Gasteiger charge is -1.94. The van der Waals surface area contributed by atoms with Crippen LogP contribution in [0.25, 0.3) is 0 Å². The first-order chi connectivity index (χ1) is 4.22. The minimum absolute atomic E-state index is 1.09. The Kier molecular flexibility index (Phi) is 3.16. The van der Waals surface area contributed by atoms with Crippen LogP contribution >= 0.6 is 56.0 Å².